The lowest BCUT2D eigenvalue weighted by molar-refractivity contribution is 0.145. The normalized spacial score (nSPS) is 9.73. The highest BCUT2D eigenvalue weighted by molar-refractivity contribution is 14.1. The molecule has 0 unspecified atom stereocenters. The van der Waals surface area contributed by atoms with Gasteiger partial charge >= 0.3 is 0 Å². The molecule has 0 N–H and O–H groups in total. The third kappa shape index (κ3) is 2.39. The fourth-order valence-corrected chi connectivity index (χ4v) is 1.87. The molecule has 0 saturated heterocycles. The number of rotatable bonds is 2. The van der Waals surface area contributed by atoms with Crippen LogP contribution in [0.5, 0.6) is 0 Å². The lowest BCUT2D eigenvalue weighted by atomic mass is 10.1. The zero-order chi connectivity index (χ0) is 11.4. The summed E-state index contributed by atoms with van der Waals surface area (Å²) >= 11 is 1.65. The third-order valence-electron chi connectivity index (χ3n) is 1.71. The summed E-state index contributed by atoms with van der Waals surface area (Å²) in [6.45, 7) is 0. The Morgan fingerprint density at radius 1 is 1.47 bits per heavy atom. The Labute approximate surface area is 98.5 Å². The van der Waals surface area contributed by atoms with Crippen LogP contribution in [0, 0.1) is 26.2 Å². The van der Waals surface area contributed by atoms with Crippen LogP contribution < -0.4 is 0 Å². The minimum Gasteiger partial charge on any atom is -0.254 e. The van der Waals surface area contributed by atoms with Crippen LogP contribution in [-0.2, 0) is 6.42 Å². The van der Waals surface area contributed by atoms with E-state index in [1.54, 1.807) is 22.6 Å². The standard InChI is InChI=1S/C9H4F2IN3/c10-9(11)8-7(12)6(3-14)5(1-2-13)4-15-8/h4,9H,1H2. The first-order chi connectivity index (χ1) is 7.11. The van der Waals surface area contributed by atoms with Gasteiger partial charge in [0.15, 0.2) is 0 Å². The van der Waals surface area contributed by atoms with Gasteiger partial charge in [0, 0.05) is 11.8 Å². The Hall–Kier alpha value is -1.28. The van der Waals surface area contributed by atoms with Gasteiger partial charge in [0.2, 0.25) is 0 Å². The molecule has 0 amide bonds. The second-order valence-electron chi connectivity index (χ2n) is 2.61. The van der Waals surface area contributed by atoms with Crippen LogP contribution >= 0.6 is 22.6 Å². The first-order valence-electron chi connectivity index (χ1n) is 3.84. The van der Waals surface area contributed by atoms with Gasteiger partial charge in [-0.3, -0.25) is 4.98 Å². The molecule has 0 bridgehead atoms. The highest BCUT2D eigenvalue weighted by atomic mass is 127. The summed E-state index contributed by atoms with van der Waals surface area (Å²) in [4.78, 5) is 3.55. The molecule has 0 saturated carbocycles. The van der Waals surface area contributed by atoms with Gasteiger partial charge in [0.25, 0.3) is 6.43 Å². The van der Waals surface area contributed by atoms with Gasteiger partial charge < -0.3 is 0 Å². The second kappa shape index (κ2) is 4.99. The number of hydrogen-bond acceptors (Lipinski definition) is 3. The van der Waals surface area contributed by atoms with Crippen molar-refractivity contribution in [3.8, 4) is 12.1 Å². The molecule has 0 aliphatic carbocycles. The number of pyridine rings is 1. The molecule has 0 atom stereocenters. The third-order valence-corrected chi connectivity index (χ3v) is 2.80. The van der Waals surface area contributed by atoms with E-state index < -0.39 is 12.1 Å². The first-order valence-corrected chi connectivity index (χ1v) is 4.92. The topological polar surface area (TPSA) is 60.5 Å². The van der Waals surface area contributed by atoms with Gasteiger partial charge in [0.05, 0.1) is 21.6 Å². The molecular weight excluding hydrogens is 315 g/mol. The summed E-state index contributed by atoms with van der Waals surface area (Å²) in [6.07, 6.45) is -1.55. The van der Waals surface area contributed by atoms with E-state index in [1.165, 1.54) is 0 Å². The van der Waals surface area contributed by atoms with E-state index >= 15 is 0 Å². The Balaban J connectivity index is 3.35. The molecule has 0 fully saturated rings. The molecule has 3 nitrogen and oxygen atoms in total. The zero-order valence-electron chi connectivity index (χ0n) is 7.34. The first kappa shape index (κ1) is 11.8. The molecule has 76 valence electrons. The highest BCUT2D eigenvalue weighted by Gasteiger charge is 2.18. The fraction of sp³-hybridized carbons (Fsp3) is 0.222. The van der Waals surface area contributed by atoms with Crippen LogP contribution in [0.25, 0.3) is 0 Å². The Bertz CT molecular complexity index is 460. The van der Waals surface area contributed by atoms with Crippen molar-refractivity contribution >= 4 is 22.6 Å². The maximum atomic E-state index is 12.4. The van der Waals surface area contributed by atoms with Crippen molar-refractivity contribution in [2.45, 2.75) is 12.8 Å². The summed E-state index contributed by atoms with van der Waals surface area (Å²) in [5.74, 6) is 0. The fourth-order valence-electron chi connectivity index (χ4n) is 1.03. The van der Waals surface area contributed by atoms with Crippen LogP contribution in [0.4, 0.5) is 8.78 Å². The van der Waals surface area contributed by atoms with Crippen molar-refractivity contribution in [3.63, 3.8) is 0 Å². The second-order valence-corrected chi connectivity index (χ2v) is 3.68. The van der Waals surface area contributed by atoms with E-state index in [0.717, 1.165) is 6.20 Å². The molecule has 1 aromatic heterocycles. The quantitative estimate of drug-likeness (QED) is 0.787. The van der Waals surface area contributed by atoms with Crippen LogP contribution in [0.15, 0.2) is 6.20 Å². The van der Waals surface area contributed by atoms with Crippen molar-refractivity contribution in [3.05, 3.63) is 26.6 Å². The number of alkyl halides is 2. The number of nitriles is 2. The van der Waals surface area contributed by atoms with E-state index in [9.17, 15) is 8.78 Å². The predicted octanol–water partition coefficient (Wildman–Crippen LogP) is 2.56. The molecule has 0 aliphatic heterocycles. The summed E-state index contributed by atoms with van der Waals surface area (Å²) in [7, 11) is 0. The van der Waals surface area contributed by atoms with Gasteiger partial charge in [-0.25, -0.2) is 8.78 Å². The molecule has 0 aromatic carbocycles. The van der Waals surface area contributed by atoms with Crippen LogP contribution in [0.3, 0.4) is 0 Å². The smallest absolute Gasteiger partial charge is 0.254 e. The Kier molecular flexibility index (Phi) is 3.92. The SMILES string of the molecule is N#CCc1cnc(C(F)F)c(I)c1C#N. The molecule has 1 aromatic rings. The molecule has 0 aliphatic rings. The van der Waals surface area contributed by atoms with Gasteiger partial charge in [-0.15, -0.1) is 0 Å². The molecule has 1 rings (SSSR count). The molecule has 0 spiro atoms. The molecule has 0 radical (unpaired) electrons. The van der Waals surface area contributed by atoms with Gasteiger partial charge in [-0.1, -0.05) is 0 Å². The minimum atomic E-state index is -2.71. The number of nitrogens with zero attached hydrogens (tertiary/aromatic N) is 3. The Morgan fingerprint density at radius 3 is 2.60 bits per heavy atom. The van der Waals surface area contributed by atoms with Crippen LogP contribution in [-0.4, -0.2) is 4.98 Å². The van der Waals surface area contributed by atoms with Crippen LogP contribution in [0.1, 0.15) is 23.2 Å². The average Bonchev–Trinajstić information content (AvgIpc) is 2.18. The molecule has 1 heterocycles. The maximum absolute atomic E-state index is 12.4. The summed E-state index contributed by atoms with van der Waals surface area (Å²) in [5.41, 5.74) is 0.0880. The number of hydrogen-bond donors (Lipinski definition) is 0. The van der Waals surface area contributed by atoms with E-state index in [4.69, 9.17) is 10.5 Å². The minimum absolute atomic E-state index is 0.00455. The van der Waals surface area contributed by atoms with Crippen molar-refractivity contribution in [1.29, 1.82) is 10.5 Å². The number of halogens is 3. The molecule has 6 heteroatoms. The summed E-state index contributed by atoms with van der Waals surface area (Å²) < 4.78 is 25.0. The van der Waals surface area contributed by atoms with E-state index in [0.29, 0.717) is 5.56 Å². The van der Waals surface area contributed by atoms with E-state index in [1.807, 2.05) is 12.1 Å². The van der Waals surface area contributed by atoms with Crippen molar-refractivity contribution in [2.24, 2.45) is 0 Å². The van der Waals surface area contributed by atoms with Gasteiger partial charge in [0.1, 0.15) is 11.8 Å². The van der Waals surface area contributed by atoms with Gasteiger partial charge in [-0.05, 0) is 22.6 Å². The lowest BCUT2D eigenvalue weighted by Gasteiger charge is -2.06. The molecule has 15 heavy (non-hydrogen) atoms. The lowest BCUT2D eigenvalue weighted by Crippen LogP contribution is -2.02. The van der Waals surface area contributed by atoms with Crippen molar-refractivity contribution in [1.82, 2.24) is 4.98 Å². The summed E-state index contributed by atoms with van der Waals surface area (Å²) in [5, 5.41) is 17.3. The maximum Gasteiger partial charge on any atom is 0.281 e. The average molecular weight is 319 g/mol. The van der Waals surface area contributed by atoms with E-state index in [2.05, 4.69) is 4.98 Å². The predicted molar refractivity (Wildman–Crippen MR) is 55.9 cm³/mol. The zero-order valence-corrected chi connectivity index (χ0v) is 9.49. The van der Waals surface area contributed by atoms with Crippen LogP contribution in [0.2, 0.25) is 0 Å². The van der Waals surface area contributed by atoms with E-state index in [-0.39, 0.29) is 15.6 Å². The number of aromatic nitrogens is 1. The highest BCUT2D eigenvalue weighted by Crippen LogP contribution is 2.26. The monoisotopic (exact) mass is 319 g/mol. The summed E-state index contributed by atoms with van der Waals surface area (Å²) in [6, 6.07) is 3.66. The Morgan fingerprint density at radius 2 is 2.13 bits per heavy atom. The largest absolute Gasteiger partial charge is 0.281 e. The van der Waals surface area contributed by atoms with Crippen molar-refractivity contribution < 1.29 is 8.78 Å². The van der Waals surface area contributed by atoms with Gasteiger partial charge in [-0.2, -0.15) is 10.5 Å². The molecular formula is C9H4F2IN3. The van der Waals surface area contributed by atoms with Crippen molar-refractivity contribution in [2.75, 3.05) is 0 Å².